The molecule has 6 heteroatoms. The van der Waals surface area contributed by atoms with E-state index in [4.69, 9.17) is 4.42 Å². The molecule has 0 saturated carbocycles. The van der Waals surface area contributed by atoms with Crippen LogP contribution in [-0.4, -0.2) is 25.7 Å². The third kappa shape index (κ3) is 5.18. The standard InChI is InChI=1S/C17H24N2O3S/c1-4-5-12-23(20,21)18-11-10-16-14(3)22-17(19-16)15-8-6-13(2)7-9-15/h6-9,18H,4-5,10-12H2,1-3H3. The molecule has 0 radical (unpaired) electrons. The second kappa shape index (κ2) is 7.75. The van der Waals surface area contributed by atoms with Crippen LogP contribution in [0.5, 0.6) is 0 Å². The van der Waals surface area contributed by atoms with Crippen LogP contribution in [0.3, 0.4) is 0 Å². The van der Waals surface area contributed by atoms with Crippen molar-refractivity contribution >= 4 is 10.0 Å². The molecule has 0 amide bonds. The Morgan fingerprint density at radius 1 is 1.17 bits per heavy atom. The number of sulfonamides is 1. The Kier molecular flexibility index (Phi) is 5.96. The first-order chi connectivity index (χ1) is 10.9. The zero-order valence-corrected chi connectivity index (χ0v) is 14.7. The number of unbranched alkanes of at least 4 members (excludes halogenated alkanes) is 1. The van der Waals surface area contributed by atoms with E-state index in [1.54, 1.807) is 0 Å². The zero-order chi connectivity index (χ0) is 16.9. The molecule has 0 bridgehead atoms. The number of oxazole rings is 1. The molecule has 1 N–H and O–H groups in total. The SMILES string of the molecule is CCCCS(=O)(=O)NCCc1nc(-c2ccc(C)cc2)oc1C. The fourth-order valence-corrected chi connectivity index (χ4v) is 3.44. The monoisotopic (exact) mass is 336 g/mol. The number of nitrogens with one attached hydrogen (secondary N) is 1. The van der Waals surface area contributed by atoms with E-state index in [2.05, 4.69) is 9.71 Å². The van der Waals surface area contributed by atoms with Crippen LogP contribution in [-0.2, 0) is 16.4 Å². The lowest BCUT2D eigenvalue weighted by atomic mass is 10.1. The third-order valence-corrected chi connectivity index (χ3v) is 5.11. The average Bonchev–Trinajstić information content (AvgIpc) is 2.87. The molecule has 0 fully saturated rings. The van der Waals surface area contributed by atoms with Gasteiger partial charge in [-0.1, -0.05) is 31.0 Å². The maximum atomic E-state index is 11.8. The summed E-state index contributed by atoms with van der Waals surface area (Å²) in [7, 11) is -3.19. The minimum Gasteiger partial charge on any atom is -0.441 e. The molecule has 0 unspecified atom stereocenters. The molecule has 23 heavy (non-hydrogen) atoms. The number of aromatic nitrogens is 1. The molecular weight excluding hydrogens is 312 g/mol. The molecule has 2 rings (SSSR count). The van der Waals surface area contributed by atoms with Gasteiger partial charge in [0.2, 0.25) is 15.9 Å². The van der Waals surface area contributed by atoms with Crippen LogP contribution in [0.4, 0.5) is 0 Å². The van der Waals surface area contributed by atoms with Crippen LogP contribution in [0.25, 0.3) is 11.5 Å². The molecule has 0 aliphatic carbocycles. The molecule has 0 spiro atoms. The number of hydrogen-bond donors (Lipinski definition) is 1. The van der Waals surface area contributed by atoms with E-state index < -0.39 is 10.0 Å². The molecule has 0 atom stereocenters. The van der Waals surface area contributed by atoms with Crippen molar-refractivity contribution in [3.63, 3.8) is 0 Å². The average molecular weight is 336 g/mol. The first-order valence-electron chi connectivity index (χ1n) is 7.92. The van der Waals surface area contributed by atoms with Crippen LogP contribution < -0.4 is 4.72 Å². The van der Waals surface area contributed by atoms with Crippen molar-refractivity contribution in [1.82, 2.24) is 9.71 Å². The van der Waals surface area contributed by atoms with Gasteiger partial charge in [0.05, 0.1) is 11.4 Å². The molecule has 0 aliphatic rings. The highest BCUT2D eigenvalue weighted by Crippen LogP contribution is 2.22. The highest BCUT2D eigenvalue weighted by molar-refractivity contribution is 7.89. The fraction of sp³-hybridized carbons (Fsp3) is 0.471. The van der Waals surface area contributed by atoms with E-state index in [1.807, 2.05) is 45.0 Å². The van der Waals surface area contributed by atoms with Crippen LogP contribution >= 0.6 is 0 Å². The quantitative estimate of drug-likeness (QED) is 0.803. The molecule has 0 aliphatic heterocycles. The first-order valence-corrected chi connectivity index (χ1v) is 9.57. The summed E-state index contributed by atoms with van der Waals surface area (Å²) in [6.07, 6.45) is 2.06. The van der Waals surface area contributed by atoms with Gasteiger partial charge in [-0.25, -0.2) is 18.1 Å². The second-order valence-electron chi connectivity index (χ2n) is 5.70. The molecule has 1 aromatic carbocycles. The van der Waals surface area contributed by atoms with Gasteiger partial charge in [-0.05, 0) is 32.4 Å². The Bertz CT molecular complexity index is 734. The maximum Gasteiger partial charge on any atom is 0.226 e. The molecule has 2 aromatic rings. The minimum absolute atomic E-state index is 0.177. The van der Waals surface area contributed by atoms with Crippen LogP contribution in [0.1, 0.15) is 36.8 Å². The van der Waals surface area contributed by atoms with Crippen molar-refractivity contribution in [3.05, 3.63) is 41.3 Å². The highest BCUT2D eigenvalue weighted by Gasteiger charge is 2.13. The molecule has 0 saturated heterocycles. The highest BCUT2D eigenvalue weighted by atomic mass is 32.2. The maximum absolute atomic E-state index is 11.8. The first kappa shape index (κ1) is 17.7. The lowest BCUT2D eigenvalue weighted by Gasteiger charge is -2.04. The van der Waals surface area contributed by atoms with E-state index in [9.17, 15) is 8.42 Å². The number of hydrogen-bond acceptors (Lipinski definition) is 4. The van der Waals surface area contributed by atoms with Crippen molar-refractivity contribution in [1.29, 1.82) is 0 Å². The Labute approximate surface area is 138 Å². The summed E-state index contributed by atoms with van der Waals surface area (Å²) in [6.45, 7) is 6.19. The van der Waals surface area contributed by atoms with Crippen molar-refractivity contribution in [2.24, 2.45) is 0 Å². The normalized spacial score (nSPS) is 11.8. The molecule has 1 aromatic heterocycles. The fourth-order valence-electron chi connectivity index (χ4n) is 2.21. The van der Waals surface area contributed by atoms with Gasteiger partial charge in [-0.15, -0.1) is 0 Å². The minimum atomic E-state index is -3.19. The summed E-state index contributed by atoms with van der Waals surface area (Å²) in [5.74, 6) is 1.48. The number of aryl methyl sites for hydroxylation is 2. The van der Waals surface area contributed by atoms with E-state index in [-0.39, 0.29) is 5.75 Å². The van der Waals surface area contributed by atoms with E-state index in [0.29, 0.717) is 25.3 Å². The topological polar surface area (TPSA) is 72.2 Å². The summed E-state index contributed by atoms with van der Waals surface area (Å²) < 4.78 is 31.9. The lowest BCUT2D eigenvalue weighted by molar-refractivity contribution is 0.538. The largest absolute Gasteiger partial charge is 0.441 e. The molecule has 126 valence electrons. The lowest BCUT2D eigenvalue weighted by Crippen LogP contribution is -2.28. The smallest absolute Gasteiger partial charge is 0.226 e. The van der Waals surface area contributed by atoms with Gasteiger partial charge >= 0.3 is 0 Å². The van der Waals surface area contributed by atoms with Gasteiger partial charge in [-0.3, -0.25) is 0 Å². The number of rotatable bonds is 8. The molecule has 5 nitrogen and oxygen atoms in total. The summed E-state index contributed by atoms with van der Waals surface area (Å²) in [6, 6.07) is 7.96. The van der Waals surface area contributed by atoms with E-state index in [0.717, 1.165) is 23.4 Å². The summed E-state index contributed by atoms with van der Waals surface area (Å²) in [5, 5.41) is 0. The van der Waals surface area contributed by atoms with Gasteiger partial charge in [0.1, 0.15) is 5.76 Å². The Hall–Kier alpha value is -1.66. The van der Waals surface area contributed by atoms with Crippen LogP contribution in [0.2, 0.25) is 0 Å². The number of nitrogens with zero attached hydrogens (tertiary/aromatic N) is 1. The summed E-state index contributed by atoms with van der Waals surface area (Å²) >= 11 is 0. The molecular formula is C17H24N2O3S. The second-order valence-corrected chi connectivity index (χ2v) is 7.63. The van der Waals surface area contributed by atoms with Gasteiger partial charge in [0, 0.05) is 18.5 Å². The van der Waals surface area contributed by atoms with Crippen LogP contribution in [0.15, 0.2) is 28.7 Å². The van der Waals surface area contributed by atoms with E-state index in [1.165, 1.54) is 5.56 Å². The van der Waals surface area contributed by atoms with Crippen LogP contribution in [0, 0.1) is 13.8 Å². The predicted octanol–water partition coefficient (Wildman–Crippen LogP) is 3.22. The molecule has 1 heterocycles. The summed E-state index contributed by atoms with van der Waals surface area (Å²) in [5.41, 5.74) is 2.89. The zero-order valence-electron chi connectivity index (χ0n) is 13.9. The Morgan fingerprint density at radius 2 is 1.87 bits per heavy atom. The van der Waals surface area contributed by atoms with Crippen molar-refractivity contribution < 1.29 is 12.8 Å². The van der Waals surface area contributed by atoms with E-state index >= 15 is 0 Å². The van der Waals surface area contributed by atoms with Crippen molar-refractivity contribution in [3.8, 4) is 11.5 Å². The van der Waals surface area contributed by atoms with Gasteiger partial charge in [0.15, 0.2) is 0 Å². The Balaban J connectivity index is 1.98. The van der Waals surface area contributed by atoms with Gasteiger partial charge in [0.25, 0.3) is 0 Å². The summed E-state index contributed by atoms with van der Waals surface area (Å²) in [4.78, 5) is 4.49. The predicted molar refractivity (Wildman–Crippen MR) is 91.8 cm³/mol. The van der Waals surface area contributed by atoms with Crippen molar-refractivity contribution in [2.45, 2.75) is 40.0 Å². The van der Waals surface area contributed by atoms with Gasteiger partial charge < -0.3 is 4.42 Å². The third-order valence-electron chi connectivity index (χ3n) is 3.64. The number of benzene rings is 1. The van der Waals surface area contributed by atoms with Crippen molar-refractivity contribution in [2.75, 3.05) is 12.3 Å². The Morgan fingerprint density at radius 3 is 2.52 bits per heavy atom. The van der Waals surface area contributed by atoms with Gasteiger partial charge in [-0.2, -0.15) is 0 Å².